The number of hydrogen-bond donors (Lipinski definition) is 2. The van der Waals surface area contributed by atoms with Gasteiger partial charge in [0.2, 0.25) is 0 Å². The summed E-state index contributed by atoms with van der Waals surface area (Å²) < 4.78 is 47.0. The third kappa shape index (κ3) is 8.72. The normalized spacial score (nSPS) is 27.4. The Morgan fingerprint density at radius 2 is 1.73 bits per heavy atom. The first kappa shape index (κ1) is 24.8. The van der Waals surface area contributed by atoms with Gasteiger partial charge in [-0.15, -0.1) is 0 Å². The van der Waals surface area contributed by atoms with E-state index in [2.05, 4.69) is 29.1 Å². The van der Waals surface area contributed by atoms with Gasteiger partial charge < -0.3 is 22.0 Å². The Morgan fingerprint density at radius 3 is 2.40 bits per heavy atom. The van der Waals surface area contributed by atoms with Crippen molar-refractivity contribution >= 4 is 19.2 Å². The molecular weight excluding hydrogens is 401 g/mol. The van der Waals surface area contributed by atoms with Gasteiger partial charge >= 0.3 is 19.2 Å². The third-order valence-corrected chi connectivity index (χ3v) is 5.98. The second kappa shape index (κ2) is 11.8. The maximum Gasteiger partial charge on any atom is 0.673 e. The lowest BCUT2D eigenvalue weighted by atomic mass is 9.99. The monoisotopic (exact) mass is 437 g/mol. The molecule has 3 aliphatic rings. The molecule has 0 spiro atoms. The summed E-state index contributed by atoms with van der Waals surface area (Å²) in [6.07, 6.45) is 12.3. The molecule has 10 heteroatoms. The van der Waals surface area contributed by atoms with E-state index < -0.39 is 7.25 Å². The SMILES string of the molecule is CCCCCC(=O)OCCCC[C@H]1C[C@H]2CC[C@H]3C[C@@H](C)NC(=[N+]23)N1.F[B-](F)(F)F. The summed E-state index contributed by atoms with van der Waals surface area (Å²) in [5.41, 5.74) is 0. The molecule has 1 fully saturated rings. The minimum Gasteiger partial charge on any atom is -0.466 e. The molecule has 0 aromatic rings. The van der Waals surface area contributed by atoms with Crippen LogP contribution in [0.1, 0.15) is 84.5 Å². The molecule has 0 aromatic carbocycles. The van der Waals surface area contributed by atoms with Crippen LogP contribution in [-0.2, 0) is 9.53 Å². The average molecular weight is 437 g/mol. The fraction of sp³-hybridized carbons (Fsp3) is 0.900. The highest BCUT2D eigenvalue weighted by Gasteiger charge is 2.44. The molecule has 2 N–H and O–H groups in total. The zero-order chi connectivity index (χ0) is 22.1. The molecule has 5 nitrogen and oxygen atoms in total. The standard InChI is InChI=1S/C20H35N3O2.BF4/c1-3-4-5-9-19(24)25-12-7-6-8-16-14-18-11-10-17-13-15(2)21-20(22-16)23(17)18;2-1(3,4)5/h15-18H,3-14H2,1-2H3,(H,21,22);/q;-1/p+1/t15-,16+,17+,18-;/m1./s1. The first-order valence-corrected chi connectivity index (χ1v) is 11.4. The van der Waals surface area contributed by atoms with Crippen LogP contribution in [-0.4, -0.2) is 54.5 Å². The van der Waals surface area contributed by atoms with Gasteiger partial charge in [0.15, 0.2) is 0 Å². The van der Waals surface area contributed by atoms with E-state index in [-0.39, 0.29) is 5.97 Å². The topological polar surface area (TPSA) is 53.4 Å². The number of rotatable bonds is 9. The molecule has 0 radical (unpaired) electrons. The summed E-state index contributed by atoms with van der Waals surface area (Å²) in [5, 5.41) is 7.40. The van der Waals surface area contributed by atoms with Gasteiger partial charge in [0.1, 0.15) is 0 Å². The van der Waals surface area contributed by atoms with Gasteiger partial charge in [-0.3, -0.25) is 20.0 Å². The molecule has 0 aliphatic carbocycles. The van der Waals surface area contributed by atoms with Crippen molar-refractivity contribution in [2.75, 3.05) is 6.61 Å². The molecule has 3 aliphatic heterocycles. The van der Waals surface area contributed by atoms with Crippen molar-refractivity contribution in [3.8, 4) is 0 Å². The van der Waals surface area contributed by atoms with Crippen LogP contribution in [0.5, 0.6) is 0 Å². The van der Waals surface area contributed by atoms with Gasteiger partial charge in [-0.1, -0.05) is 19.8 Å². The van der Waals surface area contributed by atoms with Gasteiger partial charge in [0.25, 0.3) is 0 Å². The van der Waals surface area contributed by atoms with E-state index in [1.54, 1.807) is 0 Å². The quantitative estimate of drug-likeness (QED) is 0.187. The van der Waals surface area contributed by atoms with E-state index in [1.807, 2.05) is 0 Å². The van der Waals surface area contributed by atoms with Crippen molar-refractivity contribution in [3.63, 3.8) is 0 Å². The second-order valence-corrected chi connectivity index (χ2v) is 8.67. The number of carbonyl (C=O) groups excluding carboxylic acids is 1. The van der Waals surface area contributed by atoms with Crippen molar-refractivity contribution in [2.24, 2.45) is 0 Å². The van der Waals surface area contributed by atoms with Crippen LogP contribution in [0.2, 0.25) is 0 Å². The molecule has 4 atom stereocenters. The van der Waals surface area contributed by atoms with Crippen LogP contribution in [0.3, 0.4) is 0 Å². The molecule has 3 heterocycles. The molecule has 0 aromatic heterocycles. The van der Waals surface area contributed by atoms with Crippen LogP contribution in [0, 0.1) is 0 Å². The summed E-state index contributed by atoms with van der Waals surface area (Å²) >= 11 is 0. The van der Waals surface area contributed by atoms with Crippen LogP contribution in [0.15, 0.2) is 0 Å². The van der Waals surface area contributed by atoms with Gasteiger partial charge in [-0.2, -0.15) is 0 Å². The van der Waals surface area contributed by atoms with E-state index in [4.69, 9.17) is 4.74 Å². The Hall–Kier alpha value is -1.48. The molecule has 1 saturated heterocycles. The van der Waals surface area contributed by atoms with Crippen molar-refractivity contribution in [1.82, 2.24) is 10.6 Å². The molecule has 0 unspecified atom stereocenters. The van der Waals surface area contributed by atoms with Gasteiger partial charge in [-0.25, -0.2) is 0 Å². The lowest BCUT2D eigenvalue weighted by Crippen LogP contribution is -2.62. The number of ether oxygens (including phenoxy) is 1. The highest BCUT2D eigenvalue weighted by molar-refractivity contribution is 6.50. The van der Waals surface area contributed by atoms with Gasteiger partial charge in [0, 0.05) is 19.3 Å². The van der Waals surface area contributed by atoms with Crippen molar-refractivity contribution in [1.29, 1.82) is 0 Å². The smallest absolute Gasteiger partial charge is 0.466 e. The fourth-order valence-electron chi connectivity index (χ4n) is 4.72. The van der Waals surface area contributed by atoms with E-state index in [1.165, 1.54) is 38.1 Å². The summed E-state index contributed by atoms with van der Waals surface area (Å²) in [4.78, 5) is 11.6. The van der Waals surface area contributed by atoms with Crippen LogP contribution >= 0.6 is 0 Å². The number of halogens is 4. The number of hydrogen-bond acceptors (Lipinski definition) is 4. The van der Waals surface area contributed by atoms with Crippen molar-refractivity contribution < 1.29 is 31.4 Å². The van der Waals surface area contributed by atoms with E-state index in [9.17, 15) is 22.1 Å². The Kier molecular flexibility index (Phi) is 9.74. The Morgan fingerprint density at radius 1 is 1.07 bits per heavy atom. The lowest BCUT2D eigenvalue weighted by Gasteiger charge is -2.35. The predicted molar refractivity (Wildman–Crippen MR) is 110 cm³/mol. The minimum atomic E-state index is -6.00. The first-order chi connectivity index (χ1) is 14.2. The molecule has 0 amide bonds. The zero-order valence-corrected chi connectivity index (χ0v) is 18.1. The van der Waals surface area contributed by atoms with Gasteiger partial charge in [-0.05, 0) is 45.4 Å². The highest BCUT2D eigenvalue weighted by Crippen LogP contribution is 2.31. The first-order valence-electron chi connectivity index (χ1n) is 11.4. The Labute approximate surface area is 177 Å². The molecule has 0 bridgehead atoms. The van der Waals surface area contributed by atoms with Crippen LogP contribution in [0.25, 0.3) is 0 Å². The van der Waals surface area contributed by atoms with E-state index in [0.717, 1.165) is 44.2 Å². The van der Waals surface area contributed by atoms with E-state index >= 15 is 0 Å². The maximum atomic E-state index is 11.6. The highest BCUT2D eigenvalue weighted by atomic mass is 19.5. The number of nitrogens with zero attached hydrogens (tertiary/aromatic N) is 1. The third-order valence-electron chi connectivity index (χ3n) is 5.98. The average Bonchev–Trinajstić information content (AvgIpc) is 3.03. The van der Waals surface area contributed by atoms with Crippen molar-refractivity contribution in [3.05, 3.63) is 0 Å². The summed E-state index contributed by atoms with van der Waals surface area (Å²) in [6, 6.07) is 2.61. The molecule has 30 heavy (non-hydrogen) atoms. The fourth-order valence-corrected chi connectivity index (χ4v) is 4.72. The largest absolute Gasteiger partial charge is 0.673 e. The zero-order valence-electron chi connectivity index (χ0n) is 18.1. The number of guanidine groups is 1. The summed E-state index contributed by atoms with van der Waals surface area (Å²) in [6.45, 7) is 5.02. The maximum absolute atomic E-state index is 11.6. The number of esters is 1. The van der Waals surface area contributed by atoms with E-state index in [0.29, 0.717) is 25.1 Å². The number of carbonyl (C=O) groups is 1. The second-order valence-electron chi connectivity index (χ2n) is 8.67. The van der Waals surface area contributed by atoms with Crippen LogP contribution in [0.4, 0.5) is 17.3 Å². The van der Waals surface area contributed by atoms with Crippen molar-refractivity contribution in [2.45, 2.75) is 109 Å². The van der Waals surface area contributed by atoms with Crippen LogP contribution < -0.4 is 10.6 Å². The molecular formula is C20H36BF4N3O2. The Bertz CT molecular complexity index is 583. The lowest BCUT2D eigenvalue weighted by molar-refractivity contribution is -0.593. The predicted octanol–water partition coefficient (Wildman–Crippen LogP) is 4.22. The summed E-state index contributed by atoms with van der Waals surface area (Å²) in [5.74, 6) is 1.26. The molecule has 174 valence electrons. The minimum absolute atomic E-state index is 0.0205. The number of unbranched alkanes of at least 4 members (excludes halogenated alkanes) is 3. The van der Waals surface area contributed by atoms with Gasteiger partial charge in [0.05, 0.1) is 30.8 Å². The number of nitrogens with one attached hydrogen (secondary N) is 2. The summed E-state index contributed by atoms with van der Waals surface area (Å²) in [7, 11) is -6.00. The molecule has 0 saturated carbocycles. The molecule has 3 rings (SSSR count). The Balaban J connectivity index is 0.000000575.